The number of amides is 1. The van der Waals surface area contributed by atoms with Gasteiger partial charge in [-0.25, -0.2) is 0 Å². The number of methoxy groups -OCH3 is 1. The molecule has 8 nitrogen and oxygen atoms in total. The van der Waals surface area contributed by atoms with E-state index in [1.807, 2.05) is 66.0 Å². The zero-order valence-electron chi connectivity index (χ0n) is 18.6. The third kappa shape index (κ3) is 5.13. The molecular formula is C25H20N4O4S2. The molecular weight excluding hydrogens is 484 g/mol. The van der Waals surface area contributed by atoms with Crippen molar-refractivity contribution >= 4 is 51.1 Å². The van der Waals surface area contributed by atoms with E-state index in [2.05, 4.69) is 10.1 Å². The second kappa shape index (κ2) is 10.2. The van der Waals surface area contributed by atoms with Crippen molar-refractivity contribution in [3.8, 4) is 17.2 Å². The van der Waals surface area contributed by atoms with Gasteiger partial charge in [-0.1, -0.05) is 24.3 Å². The first-order chi connectivity index (χ1) is 17.1. The molecule has 0 aliphatic carbocycles. The number of hydrazone groups is 1. The zero-order chi connectivity index (χ0) is 24.2. The SMILES string of the molecule is COc1cccc(OCCOc2ccc(C=C3C(=N)N4N=C(c5cccs5)SC4=NC3=O)cc2)c1. The van der Waals surface area contributed by atoms with Gasteiger partial charge < -0.3 is 14.2 Å². The molecule has 0 fully saturated rings. The summed E-state index contributed by atoms with van der Waals surface area (Å²) < 4.78 is 16.6. The average molecular weight is 505 g/mol. The highest BCUT2D eigenvalue weighted by molar-refractivity contribution is 8.27. The van der Waals surface area contributed by atoms with Crippen LogP contribution in [-0.4, -0.2) is 47.3 Å². The molecule has 2 aromatic carbocycles. The highest BCUT2D eigenvalue weighted by atomic mass is 32.2. The topological polar surface area (TPSA) is 96.6 Å². The van der Waals surface area contributed by atoms with Crippen LogP contribution in [0.2, 0.25) is 0 Å². The zero-order valence-corrected chi connectivity index (χ0v) is 20.3. The summed E-state index contributed by atoms with van der Waals surface area (Å²) in [6, 6.07) is 18.5. The molecule has 1 aromatic heterocycles. The fourth-order valence-electron chi connectivity index (χ4n) is 3.33. The molecule has 2 aliphatic heterocycles. The summed E-state index contributed by atoms with van der Waals surface area (Å²) in [5.74, 6) is 1.68. The van der Waals surface area contributed by atoms with Gasteiger partial charge in [0, 0.05) is 6.07 Å². The predicted molar refractivity (Wildman–Crippen MR) is 139 cm³/mol. The molecule has 176 valence electrons. The number of carbonyl (C=O) groups is 1. The van der Waals surface area contributed by atoms with Crippen molar-refractivity contribution in [2.75, 3.05) is 20.3 Å². The lowest BCUT2D eigenvalue weighted by Gasteiger charge is -2.20. The summed E-state index contributed by atoms with van der Waals surface area (Å²) in [6.07, 6.45) is 1.64. The quantitative estimate of drug-likeness (QED) is 0.347. The van der Waals surface area contributed by atoms with E-state index < -0.39 is 5.91 Å². The first-order valence-electron chi connectivity index (χ1n) is 10.6. The van der Waals surface area contributed by atoms with Gasteiger partial charge in [0.15, 0.2) is 5.84 Å². The van der Waals surface area contributed by atoms with Crippen LogP contribution in [0, 0.1) is 5.41 Å². The number of amidine groups is 2. The molecule has 0 unspecified atom stereocenters. The maximum absolute atomic E-state index is 12.6. The summed E-state index contributed by atoms with van der Waals surface area (Å²) in [5, 5.41) is 17.5. The van der Waals surface area contributed by atoms with Gasteiger partial charge in [-0.3, -0.25) is 10.2 Å². The van der Waals surface area contributed by atoms with Crippen LogP contribution in [-0.2, 0) is 4.79 Å². The first-order valence-corrected chi connectivity index (χ1v) is 12.3. The van der Waals surface area contributed by atoms with Gasteiger partial charge in [0.25, 0.3) is 5.91 Å². The fraction of sp³-hybridized carbons (Fsp3) is 0.120. The van der Waals surface area contributed by atoms with Gasteiger partial charge in [-0.05, 0) is 59.1 Å². The monoisotopic (exact) mass is 504 g/mol. The molecule has 10 heteroatoms. The molecule has 0 saturated heterocycles. The van der Waals surface area contributed by atoms with E-state index in [1.165, 1.54) is 16.8 Å². The number of hydrogen-bond donors (Lipinski definition) is 1. The van der Waals surface area contributed by atoms with Gasteiger partial charge in [-0.2, -0.15) is 15.1 Å². The number of ether oxygens (including phenoxy) is 3. The van der Waals surface area contributed by atoms with Gasteiger partial charge >= 0.3 is 0 Å². The molecule has 0 spiro atoms. The van der Waals surface area contributed by atoms with E-state index in [9.17, 15) is 4.79 Å². The Morgan fingerprint density at radius 3 is 2.51 bits per heavy atom. The second-order valence-electron chi connectivity index (χ2n) is 7.35. The van der Waals surface area contributed by atoms with E-state index >= 15 is 0 Å². The summed E-state index contributed by atoms with van der Waals surface area (Å²) in [5.41, 5.74) is 0.942. The Morgan fingerprint density at radius 2 is 1.77 bits per heavy atom. The van der Waals surface area contributed by atoms with Gasteiger partial charge in [0.2, 0.25) is 5.17 Å². The number of hydrogen-bond acceptors (Lipinski definition) is 8. The normalized spacial score (nSPS) is 16.1. The van der Waals surface area contributed by atoms with Crippen LogP contribution in [0.5, 0.6) is 17.2 Å². The molecule has 0 atom stereocenters. The first kappa shape index (κ1) is 22.9. The van der Waals surface area contributed by atoms with E-state index in [1.54, 1.807) is 24.5 Å². The number of rotatable bonds is 8. The number of aliphatic imine (C=N–C) groups is 1. The van der Waals surface area contributed by atoms with E-state index in [0.29, 0.717) is 29.9 Å². The minimum atomic E-state index is -0.452. The lowest BCUT2D eigenvalue weighted by molar-refractivity contribution is -0.114. The number of thioether (sulfide) groups is 1. The van der Waals surface area contributed by atoms with Crippen molar-refractivity contribution in [1.29, 1.82) is 5.41 Å². The molecule has 2 aliphatic rings. The smallest absolute Gasteiger partial charge is 0.283 e. The number of nitrogens with one attached hydrogen (secondary N) is 1. The van der Waals surface area contributed by atoms with Crippen LogP contribution in [0.3, 0.4) is 0 Å². The van der Waals surface area contributed by atoms with Gasteiger partial charge in [0.05, 0.1) is 17.6 Å². The average Bonchev–Trinajstić information content (AvgIpc) is 3.56. The molecule has 3 heterocycles. The Morgan fingerprint density at radius 1 is 1.00 bits per heavy atom. The van der Waals surface area contributed by atoms with Crippen molar-refractivity contribution in [2.24, 2.45) is 10.1 Å². The number of thiophene rings is 1. The maximum atomic E-state index is 12.6. The third-order valence-electron chi connectivity index (χ3n) is 5.04. The summed E-state index contributed by atoms with van der Waals surface area (Å²) >= 11 is 2.85. The molecule has 3 aromatic rings. The standard InChI is InChI=1S/C25H20N4O4S2/c1-31-18-4-2-5-19(15-18)33-12-11-32-17-9-7-16(8-10-17)14-20-22(26)29-25(27-23(20)30)35-24(28-29)21-6-3-13-34-21/h2-10,13-15,26H,11-12H2,1H3. The molecule has 0 bridgehead atoms. The van der Waals surface area contributed by atoms with Crippen molar-refractivity contribution < 1.29 is 19.0 Å². The predicted octanol–water partition coefficient (Wildman–Crippen LogP) is 4.88. The largest absolute Gasteiger partial charge is 0.497 e. The van der Waals surface area contributed by atoms with Crippen LogP contribution < -0.4 is 14.2 Å². The van der Waals surface area contributed by atoms with Gasteiger partial charge in [0.1, 0.15) is 35.5 Å². The fourth-order valence-corrected chi connectivity index (χ4v) is 5.01. The van der Waals surface area contributed by atoms with Crippen LogP contribution in [0.4, 0.5) is 0 Å². The molecule has 35 heavy (non-hydrogen) atoms. The summed E-state index contributed by atoms with van der Waals surface area (Å²) in [7, 11) is 1.61. The minimum absolute atomic E-state index is 0.00840. The Labute approximate surface area is 210 Å². The van der Waals surface area contributed by atoms with Crippen LogP contribution >= 0.6 is 23.1 Å². The summed E-state index contributed by atoms with van der Waals surface area (Å²) in [4.78, 5) is 17.7. The van der Waals surface area contributed by atoms with Crippen LogP contribution in [0.1, 0.15) is 10.4 Å². The molecule has 0 radical (unpaired) electrons. The number of fused-ring (bicyclic) bond motifs is 1. The van der Waals surface area contributed by atoms with E-state index in [-0.39, 0.29) is 11.4 Å². The Kier molecular flexibility index (Phi) is 6.64. The second-order valence-corrected chi connectivity index (χ2v) is 9.25. The van der Waals surface area contributed by atoms with E-state index in [0.717, 1.165) is 21.2 Å². The highest BCUT2D eigenvalue weighted by Gasteiger charge is 2.36. The number of benzene rings is 2. The Balaban J connectivity index is 1.20. The molecule has 0 saturated carbocycles. The van der Waals surface area contributed by atoms with Crippen LogP contribution in [0.25, 0.3) is 6.08 Å². The van der Waals surface area contributed by atoms with Crippen LogP contribution in [0.15, 0.2) is 81.7 Å². The Bertz CT molecular complexity index is 1350. The Hall–Kier alpha value is -3.89. The molecule has 1 amide bonds. The maximum Gasteiger partial charge on any atom is 0.283 e. The number of nitrogens with zero attached hydrogens (tertiary/aromatic N) is 3. The highest BCUT2D eigenvalue weighted by Crippen LogP contribution is 2.32. The lowest BCUT2D eigenvalue weighted by Crippen LogP contribution is -2.35. The minimum Gasteiger partial charge on any atom is -0.497 e. The van der Waals surface area contributed by atoms with Crippen molar-refractivity contribution in [3.05, 3.63) is 82.1 Å². The molecule has 5 rings (SSSR count). The van der Waals surface area contributed by atoms with E-state index in [4.69, 9.17) is 19.6 Å². The van der Waals surface area contributed by atoms with Crippen molar-refractivity contribution in [3.63, 3.8) is 0 Å². The van der Waals surface area contributed by atoms with Crippen molar-refractivity contribution in [1.82, 2.24) is 5.01 Å². The third-order valence-corrected chi connectivity index (χ3v) is 6.99. The van der Waals surface area contributed by atoms with Crippen molar-refractivity contribution in [2.45, 2.75) is 0 Å². The summed E-state index contributed by atoms with van der Waals surface area (Å²) in [6.45, 7) is 0.752. The lowest BCUT2D eigenvalue weighted by atomic mass is 10.1. The van der Waals surface area contributed by atoms with Gasteiger partial charge in [-0.15, -0.1) is 11.3 Å². The number of carbonyl (C=O) groups excluding carboxylic acids is 1. The molecule has 1 N–H and O–H groups in total.